The van der Waals surface area contributed by atoms with Crippen molar-refractivity contribution in [1.82, 2.24) is 15.0 Å². The average molecular weight is 618 g/mol. The minimum absolute atomic E-state index is 0.00289. The molecule has 1 aromatic heterocycles. The van der Waals surface area contributed by atoms with Gasteiger partial charge in [-0.2, -0.15) is 36.3 Å². The molecule has 0 unspecified atom stereocenters. The number of Topliss-reactive ketones (excluding diaryl/α,β-unsaturated/α-hetero) is 1. The number of hydrogen-bond donors (Lipinski definition) is 0. The van der Waals surface area contributed by atoms with Gasteiger partial charge < -0.3 is 9.47 Å². The molecular weight excluding hydrogens is 592 g/mol. The molecular formula is C28H26ClF6N3O4. The number of hydrogen-bond acceptors (Lipinski definition) is 7. The number of carbonyl (C=O) groups excluding carboxylic acids is 2. The third-order valence-electron chi connectivity index (χ3n) is 6.66. The van der Waals surface area contributed by atoms with Crippen LogP contribution in [0.5, 0.6) is 11.8 Å². The number of esters is 1. The zero-order valence-electron chi connectivity index (χ0n) is 23.1. The van der Waals surface area contributed by atoms with Gasteiger partial charge in [0.1, 0.15) is 16.9 Å². The molecule has 3 aromatic rings. The van der Waals surface area contributed by atoms with Crippen LogP contribution < -0.4 is 9.47 Å². The van der Waals surface area contributed by atoms with E-state index < -0.39 is 34.9 Å². The second-order valence-corrected chi connectivity index (χ2v) is 10.8. The zero-order valence-corrected chi connectivity index (χ0v) is 23.8. The first-order valence-corrected chi connectivity index (χ1v) is 12.7. The van der Waals surface area contributed by atoms with Crippen molar-refractivity contribution in [3.63, 3.8) is 0 Å². The van der Waals surface area contributed by atoms with Crippen LogP contribution in [0.25, 0.3) is 22.8 Å². The van der Waals surface area contributed by atoms with Crippen LogP contribution in [0.4, 0.5) is 26.3 Å². The van der Waals surface area contributed by atoms with Crippen LogP contribution in [-0.2, 0) is 16.0 Å². The predicted molar refractivity (Wildman–Crippen MR) is 141 cm³/mol. The van der Waals surface area contributed by atoms with Gasteiger partial charge >= 0.3 is 24.3 Å². The predicted octanol–water partition coefficient (Wildman–Crippen LogP) is 7.45. The lowest BCUT2D eigenvalue weighted by Crippen LogP contribution is -2.42. The number of ketones is 1. The van der Waals surface area contributed by atoms with Gasteiger partial charge in [0.05, 0.1) is 12.1 Å². The van der Waals surface area contributed by atoms with Gasteiger partial charge in [0.15, 0.2) is 17.1 Å². The number of nitrogens with zero attached hydrogens (tertiary/aromatic N) is 3. The van der Waals surface area contributed by atoms with Gasteiger partial charge in [-0.1, -0.05) is 17.7 Å². The van der Waals surface area contributed by atoms with Gasteiger partial charge in [-0.15, -0.1) is 0 Å². The Labute approximate surface area is 242 Å². The summed E-state index contributed by atoms with van der Waals surface area (Å²) in [5, 5.41) is 0.203. The van der Waals surface area contributed by atoms with Gasteiger partial charge in [-0.25, -0.2) is 4.98 Å². The standard InChI is InChI=1S/C28H26ClF6N3O4/c1-25(2,27(30,31)32)20(39)13-7-15-6-12-19(29)18(14-15)22-36-21(37-24(38-22)41-5)16-8-10-17(11-9-16)42-23(40)26(3,4)28(33,34)35/h6,8-12,14H,7,13H2,1-5H3. The molecule has 42 heavy (non-hydrogen) atoms. The summed E-state index contributed by atoms with van der Waals surface area (Å²) in [5.41, 5.74) is -4.06. The Morgan fingerprint density at radius 3 is 1.93 bits per heavy atom. The molecule has 14 heteroatoms. The van der Waals surface area contributed by atoms with Crippen LogP contribution in [0, 0.1) is 10.8 Å². The summed E-state index contributed by atoms with van der Waals surface area (Å²) in [7, 11) is 1.31. The van der Waals surface area contributed by atoms with Crippen molar-refractivity contribution in [2.45, 2.75) is 52.9 Å². The lowest BCUT2D eigenvalue weighted by molar-refractivity contribution is -0.219. The minimum atomic E-state index is -4.81. The number of ether oxygens (including phenoxy) is 2. The molecule has 0 aliphatic heterocycles. The van der Waals surface area contributed by atoms with E-state index in [0.717, 1.165) is 13.8 Å². The van der Waals surface area contributed by atoms with Gasteiger partial charge in [0, 0.05) is 17.5 Å². The highest BCUT2D eigenvalue weighted by Gasteiger charge is 2.54. The topological polar surface area (TPSA) is 91.3 Å². The molecule has 0 saturated carbocycles. The maximum atomic E-state index is 13.2. The summed E-state index contributed by atoms with van der Waals surface area (Å²) in [6.45, 7) is 3.09. The molecule has 0 spiro atoms. The van der Waals surface area contributed by atoms with Gasteiger partial charge in [-0.05, 0) is 76.1 Å². The number of aromatic nitrogens is 3. The van der Waals surface area contributed by atoms with Crippen molar-refractivity contribution in [2.75, 3.05) is 7.11 Å². The Morgan fingerprint density at radius 1 is 0.810 bits per heavy atom. The van der Waals surface area contributed by atoms with Gasteiger partial charge in [-0.3, -0.25) is 9.59 Å². The lowest BCUT2D eigenvalue weighted by atomic mass is 9.84. The van der Waals surface area contributed by atoms with E-state index in [1.54, 1.807) is 12.1 Å². The molecule has 0 radical (unpaired) electrons. The largest absolute Gasteiger partial charge is 0.467 e. The fraction of sp³-hybridized carbons (Fsp3) is 0.393. The molecule has 0 N–H and O–H groups in total. The molecule has 0 atom stereocenters. The van der Waals surface area contributed by atoms with Gasteiger partial charge in [0.25, 0.3) is 0 Å². The van der Waals surface area contributed by atoms with E-state index in [4.69, 9.17) is 21.1 Å². The summed E-state index contributed by atoms with van der Waals surface area (Å²) >= 11 is 6.37. The first-order valence-electron chi connectivity index (χ1n) is 12.4. The second-order valence-electron chi connectivity index (χ2n) is 10.4. The molecule has 226 valence electrons. The average Bonchev–Trinajstić information content (AvgIpc) is 2.91. The molecule has 7 nitrogen and oxygen atoms in total. The quantitative estimate of drug-likeness (QED) is 0.140. The number of rotatable bonds is 9. The Bertz CT molecular complexity index is 1470. The number of alkyl halides is 6. The van der Waals surface area contributed by atoms with E-state index in [-0.39, 0.29) is 41.3 Å². The monoisotopic (exact) mass is 617 g/mol. The van der Waals surface area contributed by atoms with E-state index >= 15 is 0 Å². The number of benzene rings is 2. The van der Waals surface area contributed by atoms with Crippen molar-refractivity contribution < 1.29 is 45.4 Å². The highest BCUT2D eigenvalue weighted by Crippen LogP contribution is 2.40. The van der Waals surface area contributed by atoms with Crippen molar-refractivity contribution in [3.05, 3.63) is 53.1 Å². The summed E-state index contributed by atoms with van der Waals surface area (Å²) in [4.78, 5) is 37.2. The maximum Gasteiger partial charge on any atom is 0.404 e. The lowest BCUT2D eigenvalue weighted by Gasteiger charge is -2.26. The number of halogens is 7. The Morgan fingerprint density at radius 2 is 1.38 bits per heavy atom. The van der Waals surface area contributed by atoms with Crippen LogP contribution in [0.2, 0.25) is 5.02 Å². The normalized spacial score (nSPS) is 12.7. The van der Waals surface area contributed by atoms with Crippen LogP contribution >= 0.6 is 11.6 Å². The number of carbonyl (C=O) groups is 2. The van der Waals surface area contributed by atoms with Crippen molar-refractivity contribution in [2.24, 2.45) is 10.8 Å². The van der Waals surface area contributed by atoms with Crippen LogP contribution in [0.3, 0.4) is 0 Å². The third-order valence-corrected chi connectivity index (χ3v) is 6.99. The molecule has 0 fully saturated rings. The summed E-state index contributed by atoms with van der Waals surface area (Å²) in [6.07, 6.45) is -9.86. The maximum absolute atomic E-state index is 13.2. The molecule has 0 bridgehead atoms. The molecule has 1 heterocycles. The van der Waals surface area contributed by atoms with Crippen LogP contribution in [-0.4, -0.2) is 46.2 Å². The van der Waals surface area contributed by atoms with Crippen molar-refractivity contribution >= 4 is 23.4 Å². The summed E-state index contributed by atoms with van der Waals surface area (Å²) < 4.78 is 89.2. The van der Waals surface area contributed by atoms with Gasteiger partial charge in [0.2, 0.25) is 0 Å². The van der Waals surface area contributed by atoms with E-state index in [2.05, 4.69) is 15.0 Å². The fourth-order valence-corrected chi connectivity index (χ4v) is 3.55. The number of methoxy groups -OCH3 is 1. The molecule has 0 saturated heterocycles. The Balaban J connectivity index is 1.88. The smallest absolute Gasteiger partial charge is 0.404 e. The van der Waals surface area contributed by atoms with E-state index in [1.165, 1.54) is 37.4 Å². The third kappa shape index (κ3) is 7.00. The zero-order chi connectivity index (χ0) is 31.7. The van der Waals surface area contributed by atoms with E-state index in [1.807, 2.05) is 0 Å². The van der Waals surface area contributed by atoms with Crippen molar-refractivity contribution in [3.8, 4) is 34.5 Å². The first-order chi connectivity index (χ1) is 19.3. The van der Waals surface area contributed by atoms with E-state index in [0.29, 0.717) is 30.5 Å². The van der Waals surface area contributed by atoms with Crippen molar-refractivity contribution in [1.29, 1.82) is 0 Å². The first kappa shape index (κ1) is 32.8. The highest BCUT2D eigenvalue weighted by atomic mass is 35.5. The molecule has 0 amide bonds. The van der Waals surface area contributed by atoms with Crippen LogP contribution in [0.15, 0.2) is 42.5 Å². The molecule has 3 rings (SSSR count). The SMILES string of the molecule is COc1nc(-c2ccc(OC(=O)C(C)(C)C(F)(F)F)cc2)nc(-c2cc(CCC(=O)C(C)(C)C(F)(F)F)ccc2Cl)n1. The molecule has 2 aromatic carbocycles. The molecule has 0 aliphatic carbocycles. The molecule has 0 aliphatic rings. The highest BCUT2D eigenvalue weighted by molar-refractivity contribution is 6.33. The fourth-order valence-electron chi connectivity index (χ4n) is 3.35. The summed E-state index contributed by atoms with van der Waals surface area (Å²) in [5.74, 6) is -2.46. The number of aryl methyl sites for hydroxylation is 1. The van der Waals surface area contributed by atoms with Crippen LogP contribution in [0.1, 0.15) is 39.7 Å². The minimum Gasteiger partial charge on any atom is -0.467 e. The second kappa shape index (κ2) is 11.9. The van der Waals surface area contributed by atoms with E-state index in [9.17, 15) is 35.9 Å². The Kier molecular flexibility index (Phi) is 9.26. The Hall–Kier alpha value is -3.74. The summed E-state index contributed by atoms with van der Waals surface area (Å²) in [6, 6.07) is 9.85.